The van der Waals surface area contributed by atoms with Crippen LogP contribution in [0.25, 0.3) is 0 Å². The number of aryl methyl sites for hydroxylation is 1. The normalized spacial score (nSPS) is 11.9. The van der Waals surface area contributed by atoms with Gasteiger partial charge < -0.3 is 9.84 Å². The van der Waals surface area contributed by atoms with Crippen LogP contribution in [-0.4, -0.2) is 37.0 Å². The molecule has 1 N–H and O–H groups in total. The summed E-state index contributed by atoms with van der Waals surface area (Å²) >= 11 is 0. The van der Waals surface area contributed by atoms with Gasteiger partial charge in [-0.1, -0.05) is 73.2 Å². The molecule has 6 heteroatoms. The Morgan fingerprint density at radius 1 is 1.13 bits per heavy atom. The Hall–Kier alpha value is -2.81. The van der Waals surface area contributed by atoms with Crippen molar-refractivity contribution < 1.29 is 18.3 Å². The molecule has 30 heavy (non-hydrogen) atoms. The third-order valence-electron chi connectivity index (χ3n) is 4.31. The molecule has 2 rings (SSSR count). The molecule has 0 saturated heterocycles. The van der Waals surface area contributed by atoms with Gasteiger partial charge in [0.15, 0.2) is 5.76 Å². The fourth-order valence-corrected chi connectivity index (χ4v) is 4.00. The van der Waals surface area contributed by atoms with E-state index in [1.807, 2.05) is 44.2 Å². The highest BCUT2D eigenvalue weighted by Gasteiger charge is 2.28. The first kappa shape index (κ1) is 23.5. The van der Waals surface area contributed by atoms with Gasteiger partial charge in [-0.2, -0.15) is 4.31 Å². The summed E-state index contributed by atoms with van der Waals surface area (Å²) < 4.78 is 33.0. The zero-order valence-electron chi connectivity index (χ0n) is 17.3. The molecule has 158 valence electrons. The van der Waals surface area contributed by atoms with E-state index < -0.39 is 16.1 Å². The summed E-state index contributed by atoms with van der Waals surface area (Å²) in [6.45, 7) is 7.29. The predicted molar refractivity (Wildman–Crippen MR) is 118 cm³/mol. The van der Waals surface area contributed by atoms with Gasteiger partial charge in [-0.05, 0) is 24.6 Å². The molecule has 0 aromatic heterocycles. The molecule has 0 amide bonds. The first-order chi connectivity index (χ1) is 14.4. The number of sulfonamides is 1. The van der Waals surface area contributed by atoms with Crippen molar-refractivity contribution >= 4 is 10.0 Å². The quantitative estimate of drug-likeness (QED) is 0.378. The summed E-state index contributed by atoms with van der Waals surface area (Å²) in [5.41, 5.74) is 4.45. The number of hydrogen-bond acceptors (Lipinski definition) is 4. The van der Waals surface area contributed by atoms with E-state index in [4.69, 9.17) is 4.74 Å². The predicted octanol–water partition coefficient (Wildman–Crippen LogP) is 3.65. The summed E-state index contributed by atoms with van der Waals surface area (Å²) in [5, 5.41) is 10.6. The standard InChI is InChI=1S/C24H27NO4S/c1-4-6-10-17-25(30(27,28)22-15-13-20(3)14-16-22)18-23(26)24(5-2)29-19-21-11-8-7-9-12-21/h7-9,11-16,23,26H,2,4,17-19H2,1,3H3. The van der Waals surface area contributed by atoms with Crippen molar-refractivity contribution in [3.63, 3.8) is 0 Å². The van der Waals surface area contributed by atoms with Crippen LogP contribution in [-0.2, 0) is 21.4 Å². The summed E-state index contributed by atoms with van der Waals surface area (Å²) in [4.78, 5) is 0.146. The number of aliphatic hydroxyl groups excluding tert-OH is 1. The SMILES string of the molecule is C=C=C(OCc1ccccc1)C(O)CN(CC#CCC)S(=O)(=O)c1ccc(C)cc1. The summed E-state index contributed by atoms with van der Waals surface area (Å²) in [6.07, 6.45) is -0.617. The second-order valence-electron chi connectivity index (χ2n) is 6.65. The average Bonchev–Trinajstić information content (AvgIpc) is 2.74. The Labute approximate surface area is 179 Å². The number of ether oxygens (including phenoxy) is 1. The van der Waals surface area contributed by atoms with E-state index >= 15 is 0 Å². The van der Waals surface area contributed by atoms with Crippen molar-refractivity contribution in [2.24, 2.45) is 0 Å². The minimum atomic E-state index is -3.85. The summed E-state index contributed by atoms with van der Waals surface area (Å²) in [7, 11) is -3.85. The zero-order valence-corrected chi connectivity index (χ0v) is 18.2. The highest BCUT2D eigenvalue weighted by Crippen LogP contribution is 2.18. The lowest BCUT2D eigenvalue weighted by atomic mass is 10.2. The van der Waals surface area contributed by atoms with E-state index in [0.717, 1.165) is 15.4 Å². The van der Waals surface area contributed by atoms with Gasteiger partial charge in [-0.25, -0.2) is 8.42 Å². The molecular weight excluding hydrogens is 398 g/mol. The van der Waals surface area contributed by atoms with Gasteiger partial charge in [0.2, 0.25) is 10.0 Å². The Morgan fingerprint density at radius 3 is 2.40 bits per heavy atom. The average molecular weight is 426 g/mol. The molecule has 0 saturated carbocycles. The molecule has 0 heterocycles. The number of aliphatic hydroxyl groups is 1. The molecule has 0 fully saturated rings. The second kappa shape index (κ2) is 11.4. The van der Waals surface area contributed by atoms with Crippen LogP contribution in [0.5, 0.6) is 0 Å². The molecule has 5 nitrogen and oxygen atoms in total. The smallest absolute Gasteiger partial charge is 0.244 e. The molecular formula is C24H27NO4S. The Morgan fingerprint density at radius 2 is 1.80 bits per heavy atom. The lowest BCUT2D eigenvalue weighted by Crippen LogP contribution is -2.38. The fraction of sp³-hybridized carbons (Fsp3) is 0.292. The van der Waals surface area contributed by atoms with Crippen LogP contribution in [0.4, 0.5) is 0 Å². The fourth-order valence-electron chi connectivity index (χ4n) is 2.65. The van der Waals surface area contributed by atoms with Gasteiger partial charge in [-0.3, -0.25) is 0 Å². The van der Waals surface area contributed by atoms with E-state index in [1.165, 1.54) is 0 Å². The Balaban J connectivity index is 2.19. The molecule has 2 aromatic rings. The third-order valence-corrected chi connectivity index (χ3v) is 6.13. The largest absolute Gasteiger partial charge is 0.482 e. The van der Waals surface area contributed by atoms with E-state index in [0.29, 0.717) is 6.42 Å². The zero-order chi connectivity index (χ0) is 22.0. The highest BCUT2D eigenvalue weighted by molar-refractivity contribution is 7.89. The van der Waals surface area contributed by atoms with Crippen molar-refractivity contribution in [3.8, 4) is 11.8 Å². The number of rotatable bonds is 9. The van der Waals surface area contributed by atoms with E-state index in [2.05, 4.69) is 24.2 Å². The van der Waals surface area contributed by atoms with Gasteiger partial charge >= 0.3 is 0 Å². The Kier molecular flexibility index (Phi) is 8.91. The van der Waals surface area contributed by atoms with Gasteiger partial charge in [0, 0.05) is 13.0 Å². The van der Waals surface area contributed by atoms with Crippen LogP contribution in [0.3, 0.4) is 0 Å². The van der Waals surface area contributed by atoms with Gasteiger partial charge in [0.25, 0.3) is 0 Å². The molecule has 0 bridgehead atoms. The van der Waals surface area contributed by atoms with Gasteiger partial charge in [-0.15, -0.1) is 5.92 Å². The van der Waals surface area contributed by atoms with E-state index in [-0.39, 0.29) is 30.4 Å². The maximum Gasteiger partial charge on any atom is 0.244 e. The lowest BCUT2D eigenvalue weighted by molar-refractivity contribution is 0.0841. The summed E-state index contributed by atoms with van der Waals surface area (Å²) in [6, 6.07) is 16.0. The van der Waals surface area contributed by atoms with Crippen LogP contribution >= 0.6 is 0 Å². The monoisotopic (exact) mass is 425 g/mol. The van der Waals surface area contributed by atoms with Gasteiger partial charge in [0.05, 0.1) is 11.4 Å². The molecule has 0 spiro atoms. The molecule has 1 unspecified atom stereocenters. The minimum absolute atomic E-state index is 0.0375. The van der Waals surface area contributed by atoms with Crippen LogP contribution in [0.15, 0.2) is 77.6 Å². The first-order valence-corrected chi connectivity index (χ1v) is 11.1. The molecule has 2 aromatic carbocycles. The van der Waals surface area contributed by atoms with E-state index in [1.54, 1.807) is 24.3 Å². The van der Waals surface area contributed by atoms with Crippen molar-refractivity contribution in [1.29, 1.82) is 0 Å². The molecule has 0 aliphatic carbocycles. The number of benzene rings is 2. The van der Waals surface area contributed by atoms with Crippen molar-refractivity contribution in [3.05, 3.63) is 83.8 Å². The molecule has 1 atom stereocenters. The van der Waals surface area contributed by atoms with Crippen LogP contribution in [0.2, 0.25) is 0 Å². The maximum atomic E-state index is 13.1. The van der Waals surface area contributed by atoms with Gasteiger partial charge in [0.1, 0.15) is 12.7 Å². The van der Waals surface area contributed by atoms with Crippen molar-refractivity contribution in [2.75, 3.05) is 13.1 Å². The second-order valence-corrected chi connectivity index (χ2v) is 8.59. The number of hydrogen-bond donors (Lipinski definition) is 1. The third kappa shape index (κ3) is 6.62. The lowest BCUT2D eigenvalue weighted by Gasteiger charge is -2.24. The van der Waals surface area contributed by atoms with Crippen LogP contribution in [0, 0.1) is 18.8 Å². The summed E-state index contributed by atoms with van der Waals surface area (Å²) in [5.74, 6) is 5.80. The van der Waals surface area contributed by atoms with Crippen LogP contribution < -0.4 is 0 Å². The Bertz CT molecular complexity index is 1030. The first-order valence-electron chi connectivity index (χ1n) is 9.65. The van der Waals surface area contributed by atoms with Crippen molar-refractivity contribution in [1.82, 2.24) is 4.31 Å². The molecule has 0 aliphatic rings. The van der Waals surface area contributed by atoms with Crippen molar-refractivity contribution in [2.45, 2.75) is 37.9 Å². The highest BCUT2D eigenvalue weighted by atomic mass is 32.2. The van der Waals surface area contributed by atoms with E-state index in [9.17, 15) is 13.5 Å². The van der Waals surface area contributed by atoms with Crippen LogP contribution in [0.1, 0.15) is 24.5 Å². The maximum absolute atomic E-state index is 13.1. The number of nitrogens with zero attached hydrogens (tertiary/aromatic N) is 1. The topological polar surface area (TPSA) is 66.8 Å². The molecule has 0 radical (unpaired) electrons. The minimum Gasteiger partial charge on any atom is -0.482 e. The molecule has 0 aliphatic heterocycles.